The van der Waals surface area contributed by atoms with Gasteiger partial charge in [-0.25, -0.2) is 0 Å². The molecule has 0 fully saturated rings. The highest BCUT2D eigenvalue weighted by molar-refractivity contribution is 5.60. The Bertz CT molecular complexity index is 827. The predicted octanol–water partition coefficient (Wildman–Crippen LogP) is 3.19. The first-order chi connectivity index (χ1) is 11.1. The van der Waals surface area contributed by atoms with E-state index >= 15 is 0 Å². The van der Waals surface area contributed by atoms with Gasteiger partial charge in [0.15, 0.2) is 23.0 Å². The third-order valence-electron chi connectivity index (χ3n) is 4.65. The highest BCUT2D eigenvalue weighted by atomic mass is 16.5. The zero-order valence-electron chi connectivity index (χ0n) is 13.7. The summed E-state index contributed by atoms with van der Waals surface area (Å²) in [5.41, 5.74) is -0.512. The molecule has 6 heteroatoms. The molecule has 0 amide bonds. The van der Waals surface area contributed by atoms with Gasteiger partial charge in [0.1, 0.15) is 5.60 Å². The quantitative estimate of drug-likeness (QED) is 0.513. The van der Waals surface area contributed by atoms with Crippen molar-refractivity contribution in [3.05, 3.63) is 35.4 Å². The highest BCUT2D eigenvalue weighted by Crippen LogP contribution is 2.56. The molecule has 0 aliphatic carbocycles. The Hall–Kier alpha value is -2.76. The molecule has 128 valence electrons. The fourth-order valence-corrected chi connectivity index (χ4v) is 3.54. The van der Waals surface area contributed by atoms with Crippen LogP contribution in [-0.4, -0.2) is 25.5 Å². The van der Waals surface area contributed by atoms with Crippen molar-refractivity contribution < 1.29 is 30.3 Å². The predicted molar refractivity (Wildman–Crippen MR) is 86.8 cm³/mol. The molecule has 0 bridgehead atoms. The molecule has 3 rings (SSSR count). The summed E-state index contributed by atoms with van der Waals surface area (Å²) in [5.74, 6) is -2.06. The van der Waals surface area contributed by atoms with Crippen molar-refractivity contribution in [3.63, 3.8) is 0 Å². The van der Waals surface area contributed by atoms with Gasteiger partial charge >= 0.3 is 0 Å². The van der Waals surface area contributed by atoms with Gasteiger partial charge in [0.25, 0.3) is 0 Å². The Balaban J connectivity index is 2.21. The van der Waals surface area contributed by atoms with Gasteiger partial charge in [0.2, 0.25) is 11.5 Å². The van der Waals surface area contributed by atoms with Crippen molar-refractivity contribution in [1.82, 2.24) is 0 Å². The second kappa shape index (κ2) is 4.87. The van der Waals surface area contributed by atoms with Gasteiger partial charge in [-0.1, -0.05) is 19.9 Å². The molecule has 1 unspecified atom stereocenters. The van der Waals surface area contributed by atoms with E-state index in [9.17, 15) is 25.5 Å². The average molecular weight is 332 g/mol. The Morgan fingerprint density at radius 3 is 1.92 bits per heavy atom. The Morgan fingerprint density at radius 1 is 0.750 bits per heavy atom. The van der Waals surface area contributed by atoms with E-state index in [4.69, 9.17) is 4.74 Å². The molecule has 6 nitrogen and oxygen atoms in total. The van der Waals surface area contributed by atoms with Gasteiger partial charge in [-0.15, -0.1) is 0 Å². The molecule has 0 aromatic heterocycles. The second-order valence-corrected chi connectivity index (χ2v) is 7.03. The summed E-state index contributed by atoms with van der Waals surface area (Å²) in [4.78, 5) is 0. The zero-order chi connectivity index (χ0) is 17.9. The number of ether oxygens (including phenoxy) is 1. The number of aromatic hydroxyl groups is 5. The van der Waals surface area contributed by atoms with Crippen LogP contribution in [0.1, 0.15) is 38.3 Å². The Morgan fingerprint density at radius 2 is 1.29 bits per heavy atom. The van der Waals surface area contributed by atoms with E-state index < -0.39 is 28.3 Å². The molecule has 0 spiro atoms. The van der Waals surface area contributed by atoms with Gasteiger partial charge < -0.3 is 30.3 Å². The van der Waals surface area contributed by atoms with Crippen LogP contribution in [-0.2, 0) is 11.0 Å². The Labute approximate surface area is 139 Å². The van der Waals surface area contributed by atoms with Crippen molar-refractivity contribution in [2.24, 2.45) is 0 Å². The normalized spacial score (nSPS) is 21.8. The second-order valence-electron chi connectivity index (χ2n) is 7.03. The van der Waals surface area contributed by atoms with Crippen LogP contribution in [0.3, 0.4) is 0 Å². The summed E-state index contributed by atoms with van der Waals surface area (Å²) in [6.45, 7) is 5.63. The molecule has 1 heterocycles. The molecule has 1 aliphatic heterocycles. The summed E-state index contributed by atoms with van der Waals surface area (Å²) in [5, 5.41) is 49.5. The van der Waals surface area contributed by atoms with Crippen molar-refractivity contribution in [1.29, 1.82) is 0 Å². The molecule has 2 aromatic rings. The number of benzene rings is 2. The summed E-state index contributed by atoms with van der Waals surface area (Å²) in [6, 6.07) is 5.83. The maximum atomic E-state index is 10.2. The molecule has 0 saturated carbocycles. The van der Waals surface area contributed by atoms with Crippen molar-refractivity contribution in [3.8, 4) is 34.5 Å². The lowest BCUT2D eigenvalue weighted by atomic mass is 9.71. The topological polar surface area (TPSA) is 110 Å². The van der Waals surface area contributed by atoms with Crippen molar-refractivity contribution in [2.45, 2.75) is 38.2 Å². The maximum Gasteiger partial charge on any atom is 0.200 e. The van der Waals surface area contributed by atoms with Gasteiger partial charge in [-0.3, -0.25) is 0 Å². The van der Waals surface area contributed by atoms with E-state index in [1.165, 1.54) is 18.2 Å². The summed E-state index contributed by atoms with van der Waals surface area (Å²) in [6.07, 6.45) is 0.439. The molecule has 5 N–H and O–H groups in total. The van der Waals surface area contributed by atoms with Crippen LogP contribution >= 0.6 is 0 Å². The van der Waals surface area contributed by atoms with Crippen LogP contribution in [0.5, 0.6) is 34.5 Å². The van der Waals surface area contributed by atoms with Gasteiger partial charge in [-0.2, -0.15) is 0 Å². The number of phenolic OH excluding ortho intramolecular Hbond substituents is 5. The number of fused-ring (bicyclic) bond motifs is 1. The van der Waals surface area contributed by atoms with Gasteiger partial charge in [-0.05, 0) is 30.5 Å². The molecule has 1 aliphatic rings. The van der Waals surface area contributed by atoms with E-state index in [-0.39, 0.29) is 22.8 Å². The first kappa shape index (κ1) is 16.1. The standard InChI is InChI=1S/C18H20O6/c1-17(2)8-18(3,9-4-6-11(19)14(22)13(9)21)24-16-10(17)5-7-12(20)15(16)23/h4-7,19-23H,8H2,1-3H3. The lowest BCUT2D eigenvalue weighted by molar-refractivity contribution is 0.0266. The molecule has 0 radical (unpaired) electrons. The minimum absolute atomic E-state index is 0.140. The SMILES string of the molecule is CC1(C)CC(C)(c2ccc(O)c(O)c2O)Oc2c1ccc(O)c2O. The van der Waals surface area contributed by atoms with E-state index in [1.807, 2.05) is 13.8 Å². The van der Waals surface area contributed by atoms with Crippen LogP contribution in [0, 0.1) is 0 Å². The van der Waals surface area contributed by atoms with Crippen LogP contribution in [0.2, 0.25) is 0 Å². The molecule has 24 heavy (non-hydrogen) atoms. The molecule has 1 atom stereocenters. The maximum absolute atomic E-state index is 10.2. The first-order valence-electron chi connectivity index (χ1n) is 7.55. The van der Waals surface area contributed by atoms with Crippen LogP contribution in [0.15, 0.2) is 24.3 Å². The number of hydrogen-bond acceptors (Lipinski definition) is 6. The Kier molecular flexibility index (Phi) is 3.27. The average Bonchev–Trinajstić information content (AvgIpc) is 2.48. The summed E-state index contributed by atoms with van der Waals surface area (Å²) < 4.78 is 5.97. The monoisotopic (exact) mass is 332 g/mol. The van der Waals surface area contributed by atoms with Gasteiger partial charge in [0, 0.05) is 17.5 Å². The van der Waals surface area contributed by atoms with Crippen molar-refractivity contribution in [2.75, 3.05) is 0 Å². The van der Waals surface area contributed by atoms with Gasteiger partial charge in [0.05, 0.1) is 0 Å². The molecular weight excluding hydrogens is 312 g/mol. The number of hydrogen-bond donors (Lipinski definition) is 5. The van der Waals surface area contributed by atoms with E-state index in [0.717, 1.165) is 5.56 Å². The minimum Gasteiger partial charge on any atom is -0.504 e. The number of phenols is 5. The lowest BCUT2D eigenvalue weighted by Crippen LogP contribution is -2.41. The van der Waals surface area contributed by atoms with Crippen LogP contribution < -0.4 is 4.74 Å². The summed E-state index contributed by atoms with van der Waals surface area (Å²) in [7, 11) is 0. The third-order valence-corrected chi connectivity index (χ3v) is 4.65. The molecule has 2 aromatic carbocycles. The minimum atomic E-state index is -1.09. The molecular formula is C18H20O6. The molecule has 0 saturated heterocycles. The van der Waals surface area contributed by atoms with Crippen LogP contribution in [0.4, 0.5) is 0 Å². The first-order valence-corrected chi connectivity index (χ1v) is 7.55. The fraction of sp³-hybridized carbons (Fsp3) is 0.333. The zero-order valence-corrected chi connectivity index (χ0v) is 13.7. The number of rotatable bonds is 1. The van der Waals surface area contributed by atoms with Crippen molar-refractivity contribution >= 4 is 0 Å². The third kappa shape index (κ3) is 2.18. The fourth-order valence-electron chi connectivity index (χ4n) is 3.54. The van der Waals surface area contributed by atoms with E-state index in [0.29, 0.717) is 6.42 Å². The summed E-state index contributed by atoms with van der Waals surface area (Å²) >= 11 is 0. The largest absolute Gasteiger partial charge is 0.504 e. The highest BCUT2D eigenvalue weighted by Gasteiger charge is 2.46. The van der Waals surface area contributed by atoms with E-state index in [1.54, 1.807) is 13.0 Å². The van der Waals surface area contributed by atoms with E-state index in [2.05, 4.69) is 0 Å². The smallest absolute Gasteiger partial charge is 0.200 e. The van der Waals surface area contributed by atoms with Crippen LogP contribution in [0.25, 0.3) is 0 Å². The lowest BCUT2D eigenvalue weighted by Gasteiger charge is -2.44.